The highest BCUT2D eigenvalue weighted by Crippen LogP contribution is 2.39. The topological polar surface area (TPSA) is 116 Å². The predicted molar refractivity (Wildman–Crippen MR) is 93.0 cm³/mol. The number of fused-ring (bicyclic) bond motifs is 1. The van der Waals surface area contributed by atoms with E-state index in [0.717, 1.165) is 16.8 Å². The summed E-state index contributed by atoms with van der Waals surface area (Å²) in [7, 11) is 0. The standard InChI is InChI=1S/C18H14N6O2/c1-10-17-13(12-4-2-11(9-19)3-5-12)8-16(26)20-18(17)24(23-10)14-6-7-15(25)22-21-14/h2-7,13H,8H2,1H3,(H,20,26)(H,22,25)/t13-/m1/s1. The zero-order valence-corrected chi connectivity index (χ0v) is 13.9. The van der Waals surface area contributed by atoms with Gasteiger partial charge in [0.15, 0.2) is 5.82 Å². The molecule has 1 aromatic carbocycles. The molecule has 0 bridgehead atoms. The van der Waals surface area contributed by atoms with Crippen molar-refractivity contribution in [3.63, 3.8) is 0 Å². The van der Waals surface area contributed by atoms with Crippen molar-refractivity contribution in [3.8, 4) is 11.9 Å². The van der Waals surface area contributed by atoms with E-state index < -0.39 is 0 Å². The number of aromatic nitrogens is 4. The van der Waals surface area contributed by atoms with Gasteiger partial charge in [-0.05, 0) is 30.7 Å². The fourth-order valence-electron chi connectivity index (χ4n) is 3.24. The SMILES string of the molecule is Cc1nn(-c2ccc(=O)[nH]n2)c2c1[C@@H](c1ccc(C#N)cc1)CC(=O)N2. The summed E-state index contributed by atoms with van der Waals surface area (Å²) in [5.41, 5.74) is 2.87. The molecule has 0 saturated heterocycles. The molecule has 1 aliphatic heterocycles. The lowest BCUT2D eigenvalue weighted by atomic mass is 9.85. The molecule has 0 saturated carbocycles. The van der Waals surface area contributed by atoms with Crippen LogP contribution in [0.2, 0.25) is 0 Å². The van der Waals surface area contributed by atoms with Gasteiger partial charge < -0.3 is 5.32 Å². The van der Waals surface area contributed by atoms with Crippen LogP contribution in [-0.2, 0) is 4.79 Å². The van der Waals surface area contributed by atoms with E-state index in [9.17, 15) is 9.59 Å². The summed E-state index contributed by atoms with van der Waals surface area (Å²) < 4.78 is 1.52. The Morgan fingerprint density at radius 3 is 2.62 bits per heavy atom. The van der Waals surface area contributed by atoms with Gasteiger partial charge in [-0.25, -0.2) is 5.10 Å². The van der Waals surface area contributed by atoms with Crippen molar-refractivity contribution in [1.29, 1.82) is 5.26 Å². The van der Waals surface area contributed by atoms with Crippen LogP contribution >= 0.6 is 0 Å². The van der Waals surface area contributed by atoms with E-state index in [1.54, 1.807) is 18.2 Å². The Morgan fingerprint density at radius 1 is 1.19 bits per heavy atom. The first kappa shape index (κ1) is 15.8. The minimum Gasteiger partial charge on any atom is -0.310 e. The third-order valence-corrected chi connectivity index (χ3v) is 4.43. The number of amides is 1. The Morgan fingerprint density at radius 2 is 1.96 bits per heavy atom. The highest BCUT2D eigenvalue weighted by molar-refractivity contribution is 5.95. The summed E-state index contributed by atoms with van der Waals surface area (Å²) in [6, 6.07) is 12.2. The van der Waals surface area contributed by atoms with Gasteiger partial charge in [0, 0.05) is 24.0 Å². The number of hydrogen-bond donors (Lipinski definition) is 2. The number of rotatable bonds is 2. The van der Waals surface area contributed by atoms with Crippen molar-refractivity contribution >= 4 is 11.7 Å². The molecule has 8 nitrogen and oxygen atoms in total. The molecule has 0 spiro atoms. The Bertz CT molecular complexity index is 1080. The third-order valence-electron chi connectivity index (χ3n) is 4.43. The van der Waals surface area contributed by atoms with Crippen molar-refractivity contribution < 1.29 is 4.79 Å². The molecular weight excluding hydrogens is 332 g/mol. The molecule has 4 rings (SSSR count). The molecule has 26 heavy (non-hydrogen) atoms. The lowest BCUT2D eigenvalue weighted by molar-refractivity contribution is -0.116. The molecule has 0 unspecified atom stereocenters. The van der Waals surface area contributed by atoms with E-state index in [0.29, 0.717) is 23.6 Å². The highest BCUT2D eigenvalue weighted by atomic mass is 16.1. The van der Waals surface area contributed by atoms with Gasteiger partial charge in [0.2, 0.25) is 5.91 Å². The van der Waals surface area contributed by atoms with E-state index in [2.05, 4.69) is 26.7 Å². The average molecular weight is 346 g/mol. The van der Waals surface area contributed by atoms with E-state index in [4.69, 9.17) is 5.26 Å². The Labute approximate surface area is 148 Å². The summed E-state index contributed by atoms with van der Waals surface area (Å²) in [5, 5.41) is 22.7. The third kappa shape index (κ3) is 2.56. The molecule has 0 radical (unpaired) electrons. The lowest BCUT2D eigenvalue weighted by Crippen LogP contribution is -2.25. The number of benzene rings is 1. The van der Waals surface area contributed by atoms with Crippen LogP contribution in [0.5, 0.6) is 0 Å². The van der Waals surface area contributed by atoms with Gasteiger partial charge in [-0.1, -0.05) is 12.1 Å². The molecule has 8 heteroatoms. The highest BCUT2D eigenvalue weighted by Gasteiger charge is 2.32. The monoisotopic (exact) mass is 346 g/mol. The second-order valence-corrected chi connectivity index (χ2v) is 6.08. The number of hydrogen-bond acceptors (Lipinski definition) is 5. The smallest absolute Gasteiger partial charge is 0.264 e. The first-order valence-electron chi connectivity index (χ1n) is 8.02. The molecule has 1 atom stereocenters. The van der Waals surface area contributed by atoms with Crippen molar-refractivity contribution in [1.82, 2.24) is 20.0 Å². The first-order valence-corrected chi connectivity index (χ1v) is 8.02. The lowest BCUT2D eigenvalue weighted by Gasteiger charge is -2.24. The largest absolute Gasteiger partial charge is 0.310 e. The summed E-state index contributed by atoms with van der Waals surface area (Å²) in [5.74, 6) is 0.669. The minimum absolute atomic E-state index is 0.127. The van der Waals surface area contributed by atoms with Crippen molar-refractivity contribution in [2.24, 2.45) is 0 Å². The minimum atomic E-state index is -0.314. The van der Waals surface area contributed by atoms with Crippen LogP contribution in [0.1, 0.15) is 34.7 Å². The molecule has 0 aliphatic carbocycles. The van der Waals surface area contributed by atoms with Gasteiger partial charge in [0.1, 0.15) is 5.82 Å². The second-order valence-electron chi connectivity index (χ2n) is 6.08. The molecule has 1 aliphatic rings. The Kier molecular flexibility index (Phi) is 3.62. The maximum atomic E-state index is 12.3. The molecule has 3 aromatic rings. The molecule has 1 amide bonds. The fraction of sp³-hybridized carbons (Fsp3) is 0.167. The average Bonchev–Trinajstić information content (AvgIpc) is 2.98. The molecular formula is C18H14N6O2. The normalized spacial score (nSPS) is 15.8. The zero-order chi connectivity index (χ0) is 18.3. The van der Waals surface area contributed by atoms with E-state index in [1.165, 1.54) is 10.7 Å². The maximum absolute atomic E-state index is 12.3. The molecule has 2 N–H and O–H groups in total. The Hall–Kier alpha value is -3.73. The molecule has 0 fully saturated rings. The van der Waals surface area contributed by atoms with Crippen molar-refractivity contribution in [3.05, 3.63) is 69.1 Å². The molecule has 3 heterocycles. The van der Waals surface area contributed by atoms with Gasteiger partial charge >= 0.3 is 0 Å². The quantitative estimate of drug-likeness (QED) is 0.731. The number of carbonyl (C=O) groups is 1. The summed E-state index contributed by atoms with van der Waals surface area (Å²) in [6.45, 7) is 1.87. The second kappa shape index (κ2) is 5.97. The van der Waals surface area contributed by atoms with Crippen LogP contribution in [0.25, 0.3) is 5.82 Å². The van der Waals surface area contributed by atoms with Crippen LogP contribution in [0.3, 0.4) is 0 Å². The van der Waals surface area contributed by atoms with E-state index >= 15 is 0 Å². The number of carbonyl (C=O) groups excluding carboxylic acids is 1. The number of nitrogens with zero attached hydrogens (tertiary/aromatic N) is 4. The zero-order valence-electron chi connectivity index (χ0n) is 13.9. The number of nitrogens with one attached hydrogen (secondary N) is 2. The van der Waals surface area contributed by atoms with Crippen LogP contribution in [0.4, 0.5) is 5.82 Å². The summed E-state index contributed by atoms with van der Waals surface area (Å²) in [6.07, 6.45) is 0.296. The van der Waals surface area contributed by atoms with Gasteiger partial charge in [0.05, 0.1) is 17.3 Å². The number of aromatic amines is 1. The van der Waals surface area contributed by atoms with Crippen LogP contribution < -0.4 is 10.9 Å². The van der Waals surface area contributed by atoms with Crippen molar-refractivity contribution in [2.75, 3.05) is 5.32 Å². The van der Waals surface area contributed by atoms with Crippen molar-refractivity contribution in [2.45, 2.75) is 19.3 Å². The fourth-order valence-corrected chi connectivity index (χ4v) is 3.24. The van der Waals surface area contributed by atoms with E-state index in [-0.39, 0.29) is 17.4 Å². The van der Waals surface area contributed by atoms with E-state index in [1.807, 2.05) is 19.1 Å². The van der Waals surface area contributed by atoms with Crippen LogP contribution in [0.15, 0.2) is 41.2 Å². The van der Waals surface area contributed by atoms with Gasteiger partial charge in [-0.2, -0.15) is 20.1 Å². The number of aryl methyl sites for hydroxylation is 1. The Balaban J connectivity index is 1.85. The van der Waals surface area contributed by atoms with Gasteiger partial charge in [-0.15, -0.1) is 0 Å². The van der Waals surface area contributed by atoms with Gasteiger partial charge in [-0.3, -0.25) is 9.59 Å². The van der Waals surface area contributed by atoms with Crippen LogP contribution in [-0.4, -0.2) is 25.9 Å². The maximum Gasteiger partial charge on any atom is 0.264 e. The van der Waals surface area contributed by atoms with Gasteiger partial charge in [0.25, 0.3) is 5.56 Å². The summed E-state index contributed by atoms with van der Waals surface area (Å²) in [4.78, 5) is 23.5. The number of anilines is 1. The number of H-pyrrole nitrogens is 1. The predicted octanol–water partition coefficient (Wildman–Crippen LogP) is 1.61. The number of nitriles is 1. The summed E-state index contributed by atoms with van der Waals surface area (Å²) >= 11 is 0. The molecule has 2 aromatic heterocycles. The van der Waals surface area contributed by atoms with Crippen LogP contribution in [0, 0.1) is 18.3 Å². The first-order chi connectivity index (χ1) is 12.6. The molecule has 128 valence electrons.